The summed E-state index contributed by atoms with van der Waals surface area (Å²) >= 11 is 9.06. The molecule has 0 fully saturated rings. The van der Waals surface area contributed by atoms with Gasteiger partial charge in [-0.25, -0.2) is 8.42 Å². The molecule has 0 aliphatic heterocycles. The van der Waals surface area contributed by atoms with Crippen LogP contribution in [0, 0.1) is 0 Å². The minimum absolute atomic E-state index is 0.131. The van der Waals surface area contributed by atoms with Crippen LogP contribution in [0.1, 0.15) is 5.56 Å². The van der Waals surface area contributed by atoms with E-state index in [1.54, 1.807) is 18.2 Å². The Hall–Kier alpha value is -1.08. The van der Waals surface area contributed by atoms with Crippen molar-refractivity contribution in [2.75, 3.05) is 4.72 Å². The Morgan fingerprint density at radius 2 is 1.95 bits per heavy atom. The number of anilines is 1. The lowest BCUT2D eigenvalue weighted by atomic mass is 10.2. The highest BCUT2D eigenvalue weighted by molar-refractivity contribution is 9.10. The second kappa shape index (κ2) is 6.13. The fourth-order valence-corrected chi connectivity index (χ4v) is 3.34. The van der Waals surface area contributed by atoms with Crippen molar-refractivity contribution in [2.24, 2.45) is 5.73 Å². The number of nitrogens with two attached hydrogens (primary N) is 1. The van der Waals surface area contributed by atoms with Crippen LogP contribution >= 0.6 is 27.5 Å². The SMILES string of the molecule is NCc1cccc(NS(=O)(=O)c2ccc(Cl)c(Br)c2)c1. The molecule has 106 valence electrons. The molecule has 4 nitrogen and oxygen atoms in total. The van der Waals surface area contributed by atoms with Crippen LogP contribution < -0.4 is 10.5 Å². The van der Waals surface area contributed by atoms with Gasteiger partial charge in [-0.05, 0) is 51.8 Å². The van der Waals surface area contributed by atoms with E-state index in [0.29, 0.717) is 21.7 Å². The summed E-state index contributed by atoms with van der Waals surface area (Å²) in [6.45, 7) is 0.349. The van der Waals surface area contributed by atoms with E-state index in [1.165, 1.54) is 18.2 Å². The van der Waals surface area contributed by atoms with Gasteiger partial charge in [-0.2, -0.15) is 0 Å². The molecule has 0 unspecified atom stereocenters. The number of halogens is 2. The van der Waals surface area contributed by atoms with E-state index in [0.717, 1.165) is 5.56 Å². The third-order valence-electron chi connectivity index (χ3n) is 2.62. The predicted molar refractivity (Wildman–Crippen MR) is 84.3 cm³/mol. The van der Waals surface area contributed by atoms with Crippen LogP contribution in [0.15, 0.2) is 51.8 Å². The number of nitrogens with one attached hydrogen (secondary N) is 1. The molecule has 0 heterocycles. The summed E-state index contributed by atoms with van der Waals surface area (Å²) in [5.74, 6) is 0. The molecule has 0 radical (unpaired) electrons. The molecule has 2 aromatic carbocycles. The molecule has 0 bridgehead atoms. The molecule has 7 heteroatoms. The van der Waals surface area contributed by atoms with Crippen molar-refractivity contribution < 1.29 is 8.42 Å². The summed E-state index contributed by atoms with van der Waals surface area (Å²) in [5.41, 5.74) is 6.85. The van der Waals surface area contributed by atoms with E-state index in [-0.39, 0.29) is 4.90 Å². The molecule has 0 spiro atoms. The van der Waals surface area contributed by atoms with Crippen LogP contribution in [0.2, 0.25) is 5.02 Å². The Morgan fingerprint density at radius 3 is 2.60 bits per heavy atom. The smallest absolute Gasteiger partial charge is 0.261 e. The van der Waals surface area contributed by atoms with E-state index < -0.39 is 10.0 Å². The van der Waals surface area contributed by atoms with E-state index >= 15 is 0 Å². The maximum absolute atomic E-state index is 12.3. The van der Waals surface area contributed by atoms with Crippen molar-refractivity contribution in [2.45, 2.75) is 11.4 Å². The second-order valence-corrected chi connectivity index (χ2v) is 7.03. The molecular weight excluding hydrogens is 364 g/mol. The molecular formula is C13H12BrClN2O2S. The zero-order chi connectivity index (χ0) is 14.8. The van der Waals surface area contributed by atoms with E-state index in [1.807, 2.05) is 6.07 Å². The van der Waals surface area contributed by atoms with Crippen molar-refractivity contribution in [3.05, 3.63) is 57.5 Å². The summed E-state index contributed by atoms with van der Waals surface area (Å²) in [6.07, 6.45) is 0. The van der Waals surface area contributed by atoms with Crippen LogP contribution in [0.4, 0.5) is 5.69 Å². The molecule has 3 N–H and O–H groups in total. The van der Waals surface area contributed by atoms with Crippen LogP contribution in [-0.2, 0) is 16.6 Å². The normalized spacial score (nSPS) is 11.3. The lowest BCUT2D eigenvalue weighted by molar-refractivity contribution is 0.601. The summed E-state index contributed by atoms with van der Waals surface area (Å²) in [7, 11) is -3.66. The van der Waals surface area contributed by atoms with Gasteiger partial charge in [-0.3, -0.25) is 4.72 Å². The summed E-state index contributed by atoms with van der Waals surface area (Å²) in [5, 5.41) is 0.453. The molecule has 0 atom stereocenters. The molecule has 0 saturated heterocycles. The second-order valence-electron chi connectivity index (χ2n) is 4.09. The van der Waals surface area contributed by atoms with Crippen molar-refractivity contribution in [1.82, 2.24) is 0 Å². The third-order valence-corrected chi connectivity index (χ3v) is 5.21. The van der Waals surface area contributed by atoms with Gasteiger partial charge >= 0.3 is 0 Å². The molecule has 2 aromatic rings. The van der Waals surface area contributed by atoms with Gasteiger partial charge in [0.15, 0.2) is 0 Å². The Morgan fingerprint density at radius 1 is 1.20 bits per heavy atom. The average molecular weight is 376 g/mol. The largest absolute Gasteiger partial charge is 0.326 e. The fraction of sp³-hybridized carbons (Fsp3) is 0.0769. The lowest BCUT2D eigenvalue weighted by Gasteiger charge is -2.09. The molecule has 20 heavy (non-hydrogen) atoms. The van der Waals surface area contributed by atoms with E-state index in [9.17, 15) is 8.42 Å². The van der Waals surface area contributed by atoms with Crippen molar-refractivity contribution >= 4 is 43.2 Å². The van der Waals surface area contributed by atoms with Gasteiger partial charge in [0.05, 0.1) is 9.92 Å². The van der Waals surface area contributed by atoms with E-state index in [2.05, 4.69) is 20.7 Å². The van der Waals surface area contributed by atoms with Crippen molar-refractivity contribution in [3.8, 4) is 0 Å². The first-order valence-corrected chi connectivity index (χ1v) is 8.34. The number of rotatable bonds is 4. The topological polar surface area (TPSA) is 72.2 Å². The van der Waals surface area contributed by atoms with Gasteiger partial charge in [-0.1, -0.05) is 23.7 Å². The molecule has 0 saturated carbocycles. The first-order valence-electron chi connectivity index (χ1n) is 5.69. The van der Waals surface area contributed by atoms with Gasteiger partial charge in [0.2, 0.25) is 0 Å². The van der Waals surface area contributed by atoms with Crippen molar-refractivity contribution in [3.63, 3.8) is 0 Å². The fourth-order valence-electron chi connectivity index (χ4n) is 1.62. The predicted octanol–water partition coefficient (Wildman–Crippen LogP) is 3.36. The number of sulfonamides is 1. The number of benzene rings is 2. The van der Waals surface area contributed by atoms with Crippen LogP contribution in [0.3, 0.4) is 0 Å². The highest BCUT2D eigenvalue weighted by atomic mass is 79.9. The average Bonchev–Trinajstić information content (AvgIpc) is 2.41. The van der Waals surface area contributed by atoms with Crippen LogP contribution in [0.5, 0.6) is 0 Å². The van der Waals surface area contributed by atoms with Gasteiger partial charge in [0.25, 0.3) is 10.0 Å². The Labute approximate surface area is 131 Å². The highest BCUT2D eigenvalue weighted by Crippen LogP contribution is 2.26. The Bertz CT molecular complexity index is 735. The third kappa shape index (κ3) is 3.52. The number of hydrogen-bond donors (Lipinski definition) is 2. The first-order chi connectivity index (χ1) is 9.42. The van der Waals surface area contributed by atoms with Gasteiger partial charge in [-0.15, -0.1) is 0 Å². The monoisotopic (exact) mass is 374 g/mol. The minimum Gasteiger partial charge on any atom is -0.326 e. The molecule has 0 aliphatic rings. The first kappa shape index (κ1) is 15.3. The maximum Gasteiger partial charge on any atom is 0.261 e. The van der Waals surface area contributed by atoms with Crippen LogP contribution in [-0.4, -0.2) is 8.42 Å². The molecule has 0 aromatic heterocycles. The highest BCUT2D eigenvalue weighted by Gasteiger charge is 2.15. The zero-order valence-electron chi connectivity index (χ0n) is 10.3. The Kier molecular flexibility index (Phi) is 4.70. The van der Waals surface area contributed by atoms with Crippen molar-refractivity contribution in [1.29, 1.82) is 0 Å². The molecule has 2 rings (SSSR count). The van der Waals surface area contributed by atoms with Gasteiger partial charge in [0.1, 0.15) is 0 Å². The standard InChI is InChI=1S/C13H12BrClN2O2S/c14-12-7-11(4-5-13(12)15)20(18,19)17-10-3-1-2-9(6-10)8-16/h1-7,17H,8,16H2. The number of hydrogen-bond acceptors (Lipinski definition) is 3. The minimum atomic E-state index is -3.66. The Balaban J connectivity index is 2.32. The lowest BCUT2D eigenvalue weighted by Crippen LogP contribution is -2.13. The molecule has 0 aliphatic carbocycles. The summed E-state index contributed by atoms with van der Waals surface area (Å²) in [4.78, 5) is 0.131. The zero-order valence-corrected chi connectivity index (χ0v) is 13.5. The maximum atomic E-state index is 12.3. The van der Waals surface area contributed by atoms with Gasteiger partial charge < -0.3 is 5.73 Å². The quantitative estimate of drug-likeness (QED) is 0.860. The van der Waals surface area contributed by atoms with Crippen LogP contribution in [0.25, 0.3) is 0 Å². The van der Waals surface area contributed by atoms with Gasteiger partial charge in [0, 0.05) is 16.7 Å². The molecule has 0 amide bonds. The summed E-state index contributed by atoms with van der Waals surface area (Å²) in [6, 6.07) is 11.4. The van der Waals surface area contributed by atoms with E-state index in [4.69, 9.17) is 17.3 Å². The summed E-state index contributed by atoms with van der Waals surface area (Å²) < 4.78 is 27.6.